The summed E-state index contributed by atoms with van der Waals surface area (Å²) in [5, 5.41) is 21.9. The van der Waals surface area contributed by atoms with E-state index in [1.54, 1.807) is 0 Å². The number of aliphatic hydroxyl groups is 2. The molecule has 0 aliphatic rings. The van der Waals surface area contributed by atoms with Crippen molar-refractivity contribution in [2.24, 2.45) is 5.11 Å². The zero-order valence-electron chi connectivity index (χ0n) is 8.09. The quantitative estimate of drug-likeness (QED) is 0.467. The Balaban J connectivity index is 2.86. The van der Waals surface area contributed by atoms with E-state index in [0.29, 0.717) is 6.07 Å². The van der Waals surface area contributed by atoms with Crippen LogP contribution in [-0.4, -0.2) is 22.9 Å². The molecule has 0 radical (unpaired) electrons. The molecule has 2 N–H and O–H groups in total. The molecule has 0 aliphatic heterocycles. The highest BCUT2D eigenvalue weighted by molar-refractivity contribution is 5.21. The van der Waals surface area contributed by atoms with Crippen LogP contribution in [0, 0.1) is 11.6 Å². The van der Waals surface area contributed by atoms with Crippen LogP contribution in [0.2, 0.25) is 0 Å². The van der Waals surface area contributed by atoms with E-state index in [-0.39, 0.29) is 12.1 Å². The maximum atomic E-state index is 12.8. The van der Waals surface area contributed by atoms with Crippen molar-refractivity contribution in [2.75, 3.05) is 6.54 Å². The van der Waals surface area contributed by atoms with Gasteiger partial charge in [-0.25, -0.2) is 8.78 Å². The molecule has 16 heavy (non-hydrogen) atoms. The Morgan fingerprint density at radius 1 is 1.25 bits per heavy atom. The monoisotopic (exact) mass is 229 g/mol. The van der Waals surface area contributed by atoms with Crippen LogP contribution in [0.15, 0.2) is 23.3 Å². The van der Waals surface area contributed by atoms with Crippen LogP contribution in [0.25, 0.3) is 10.4 Å². The van der Waals surface area contributed by atoms with Gasteiger partial charge in [0.1, 0.15) is 17.7 Å². The summed E-state index contributed by atoms with van der Waals surface area (Å²) in [5.74, 6) is -1.71. The molecule has 1 aromatic carbocycles. The van der Waals surface area contributed by atoms with Gasteiger partial charge in [-0.3, -0.25) is 0 Å². The molecule has 1 rings (SSSR count). The molecule has 0 saturated heterocycles. The van der Waals surface area contributed by atoms with E-state index in [4.69, 9.17) is 5.53 Å². The molecule has 0 fully saturated rings. The van der Waals surface area contributed by atoms with Crippen molar-refractivity contribution in [3.8, 4) is 0 Å². The van der Waals surface area contributed by atoms with Gasteiger partial charge in [-0.2, -0.15) is 0 Å². The summed E-state index contributed by atoms with van der Waals surface area (Å²) in [6.45, 7) is -0.379. The number of rotatable bonds is 4. The van der Waals surface area contributed by atoms with Crippen LogP contribution in [0.5, 0.6) is 0 Å². The molecule has 0 heterocycles. The average molecular weight is 229 g/mol. The summed E-state index contributed by atoms with van der Waals surface area (Å²) in [4.78, 5) is 2.39. The third-order valence-electron chi connectivity index (χ3n) is 1.92. The molecule has 7 heteroatoms. The molecule has 0 amide bonds. The lowest BCUT2D eigenvalue weighted by Crippen LogP contribution is -2.21. The Labute approximate surface area is 89.6 Å². The lowest BCUT2D eigenvalue weighted by molar-refractivity contribution is 0.0240. The molecule has 0 aromatic heterocycles. The zero-order chi connectivity index (χ0) is 12.1. The molecule has 86 valence electrons. The predicted octanol–water partition coefficient (Wildman–Crippen LogP) is 1.67. The first-order valence-electron chi connectivity index (χ1n) is 4.37. The van der Waals surface area contributed by atoms with Crippen LogP contribution >= 0.6 is 0 Å². The minimum absolute atomic E-state index is 0.113. The number of azide groups is 1. The number of aliphatic hydroxyl groups excluding tert-OH is 2. The molecule has 0 saturated carbocycles. The fourth-order valence-electron chi connectivity index (χ4n) is 1.19. The first-order chi connectivity index (χ1) is 7.54. The molecule has 2 unspecified atom stereocenters. The Bertz CT molecular complexity index is 401. The Kier molecular flexibility index (Phi) is 4.19. The number of halogens is 2. The summed E-state index contributed by atoms with van der Waals surface area (Å²) in [7, 11) is 0. The Morgan fingerprint density at radius 3 is 2.31 bits per heavy atom. The number of benzene rings is 1. The van der Waals surface area contributed by atoms with Crippen molar-refractivity contribution in [3.05, 3.63) is 45.8 Å². The SMILES string of the molecule is [N-]=[N+]=NCC(O)C(O)c1cc(F)cc(F)c1. The van der Waals surface area contributed by atoms with E-state index in [0.717, 1.165) is 12.1 Å². The average Bonchev–Trinajstić information content (AvgIpc) is 2.23. The van der Waals surface area contributed by atoms with Crippen LogP contribution in [0.1, 0.15) is 11.7 Å². The van der Waals surface area contributed by atoms with Gasteiger partial charge in [-0.1, -0.05) is 5.11 Å². The molecule has 0 spiro atoms. The summed E-state index contributed by atoms with van der Waals surface area (Å²) in [6, 6.07) is 2.44. The summed E-state index contributed by atoms with van der Waals surface area (Å²) < 4.78 is 25.6. The Hall–Kier alpha value is -1.69. The first kappa shape index (κ1) is 12.4. The van der Waals surface area contributed by atoms with Crippen LogP contribution in [-0.2, 0) is 0 Å². The molecule has 1 aromatic rings. The van der Waals surface area contributed by atoms with Crippen molar-refractivity contribution in [3.63, 3.8) is 0 Å². The van der Waals surface area contributed by atoms with Crippen LogP contribution in [0.3, 0.4) is 0 Å². The highest BCUT2D eigenvalue weighted by Gasteiger charge is 2.18. The molecular formula is C9H9F2N3O2. The van der Waals surface area contributed by atoms with Crippen molar-refractivity contribution >= 4 is 0 Å². The maximum Gasteiger partial charge on any atom is 0.126 e. The van der Waals surface area contributed by atoms with Gasteiger partial charge in [0.05, 0.1) is 12.6 Å². The Morgan fingerprint density at radius 2 is 1.81 bits per heavy atom. The van der Waals surface area contributed by atoms with Crippen LogP contribution in [0.4, 0.5) is 8.78 Å². The van der Waals surface area contributed by atoms with Crippen molar-refractivity contribution < 1.29 is 19.0 Å². The topological polar surface area (TPSA) is 89.2 Å². The van der Waals surface area contributed by atoms with Gasteiger partial charge in [0, 0.05) is 11.0 Å². The van der Waals surface area contributed by atoms with E-state index in [9.17, 15) is 19.0 Å². The minimum Gasteiger partial charge on any atom is -0.390 e. The standard InChI is InChI=1S/C9H9F2N3O2/c10-6-1-5(2-7(11)3-6)9(16)8(15)4-13-14-12/h1-3,8-9,15-16H,4H2. The van der Waals surface area contributed by atoms with E-state index in [1.807, 2.05) is 0 Å². The van der Waals surface area contributed by atoms with Gasteiger partial charge in [0.2, 0.25) is 0 Å². The molecule has 0 bridgehead atoms. The molecular weight excluding hydrogens is 220 g/mol. The van der Waals surface area contributed by atoms with E-state index in [1.165, 1.54) is 0 Å². The maximum absolute atomic E-state index is 12.8. The summed E-state index contributed by atoms with van der Waals surface area (Å²) >= 11 is 0. The largest absolute Gasteiger partial charge is 0.390 e. The second kappa shape index (κ2) is 5.41. The molecule has 2 atom stereocenters. The number of nitrogens with zero attached hydrogens (tertiary/aromatic N) is 3. The van der Waals surface area contributed by atoms with Gasteiger partial charge >= 0.3 is 0 Å². The van der Waals surface area contributed by atoms with Gasteiger partial charge in [-0.05, 0) is 23.2 Å². The first-order valence-corrected chi connectivity index (χ1v) is 4.37. The summed E-state index contributed by atoms with van der Waals surface area (Å²) in [5.41, 5.74) is 7.89. The minimum atomic E-state index is -1.50. The second-order valence-electron chi connectivity index (χ2n) is 3.13. The normalized spacial score (nSPS) is 14.0. The zero-order valence-corrected chi connectivity index (χ0v) is 8.09. The predicted molar refractivity (Wildman–Crippen MR) is 51.3 cm³/mol. The number of hydrogen-bond acceptors (Lipinski definition) is 3. The lowest BCUT2D eigenvalue weighted by Gasteiger charge is -2.16. The van der Waals surface area contributed by atoms with E-state index in [2.05, 4.69) is 10.0 Å². The van der Waals surface area contributed by atoms with Crippen molar-refractivity contribution in [1.82, 2.24) is 0 Å². The van der Waals surface area contributed by atoms with Gasteiger partial charge in [0.15, 0.2) is 0 Å². The highest BCUT2D eigenvalue weighted by Crippen LogP contribution is 2.19. The smallest absolute Gasteiger partial charge is 0.126 e. The molecule has 0 aliphatic carbocycles. The van der Waals surface area contributed by atoms with Crippen molar-refractivity contribution in [2.45, 2.75) is 12.2 Å². The van der Waals surface area contributed by atoms with Gasteiger partial charge in [0.25, 0.3) is 0 Å². The number of hydrogen-bond donors (Lipinski definition) is 2. The van der Waals surface area contributed by atoms with Gasteiger partial charge < -0.3 is 10.2 Å². The second-order valence-corrected chi connectivity index (χ2v) is 3.13. The summed E-state index contributed by atoms with van der Waals surface area (Å²) in [6.07, 6.45) is -2.91. The van der Waals surface area contributed by atoms with E-state index >= 15 is 0 Å². The third-order valence-corrected chi connectivity index (χ3v) is 1.92. The lowest BCUT2D eigenvalue weighted by atomic mass is 10.0. The molecule has 5 nitrogen and oxygen atoms in total. The van der Waals surface area contributed by atoms with Gasteiger partial charge in [-0.15, -0.1) is 0 Å². The fraction of sp³-hybridized carbons (Fsp3) is 0.333. The van der Waals surface area contributed by atoms with E-state index < -0.39 is 23.8 Å². The third kappa shape index (κ3) is 3.16. The van der Waals surface area contributed by atoms with Crippen molar-refractivity contribution in [1.29, 1.82) is 0 Å². The van der Waals surface area contributed by atoms with Crippen LogP contribution < -0.4 is 0 Å². The fourth-order valence-corrected chi connectivity index (χ4v) is 1.19. The highest BCUT2D eigenvalue weighted by atomic mass is 19.1.